The SMILES string of the molecule is CCC.CCCC(CC)c1ccccc1-c1ccccn1. The summed E-state index contributed by atoms with van der Waals surface area (Å²) >= 11 is 0. The third-order valence-corrected chi connectivity index (χ3v) is 3.47. The largest absolute Gasteiger partial charge is 0.256 e. The van der Waals surface area contributed by atoms with Crippen LogP contribution in [-0.4, -0.2) is 4.98 Å². The molecule has 1 heteroatoms. The summed E-state index contributed by atoms with van der Waals surface area (Å²) in [7, 11) is 0. The first-order valence-electron chi connectivity index (χ1n) is 8.28. The molecule has 1 aromatic carbocycles. The van der Waals surface area contributed by atoms with Crippen molar-refractivity contribution in [2.75, 3.05) is 0 Å². The quantitative estimate of drug-likeness (QED) is 0.613. The van der Waals surface area contributed by atoms with Crippen molar-refractivity contribution in [2.45, 2.75) is 59.3 Å². The van der Waals surface area contributed by atoms with Gasteiger partial charge in [-0.05, 0) is 36.5 Å². The van der Waals surface area contributed by atoms with Gasteiger partial charge in [0, 0.05) is 11.8 Å². The number of hydrogen-bond acceptors (Lipinski definition) is 1. The molecule has 2 rings (SSSR count). The van der Waals surface area contributed by atoms with Crippen molar-refractivity contribution in [3.05, 3.63) is 54.2 Å². The molecule has 1 atom stereocenters. The minimum Gasteiger partial charge on any atom is -0.256 e. The van der Waals surface area contributed by atoms with Crippen LogP contribution in [0, 0.1) is 0 Å². The first kappa shape index (κ1) is 17.4. The first-order valence-corrected chi connectivity index (χ1v) is 8.28. The molecule has 1 aromatic heterocycles. The highest BCUT2D eigenvalue weighted by atomic mass is 14.7. The van der Waals surface area contributed by atoms with Gasteiger partial charge in [0.05, 0.1) is 5.69 Å². The van der Waals surface area contributed by atoms with Crippen molar-refractivity contribution in [2.24, 2.45) is 0 Å². The lowest BCUT2D eigenvalue weighted by atomic mass is 9.87. The first-order chi connectivity index (χ1) is 10.3. The van der Waals surface area contributed by atoms with E-state index in [1.165, 1.54) is 36.8 Å². The Morgan fingerprint density at radius 1 is 0.905 bits per heavy atom. The van der Waals surface area contributed by atoms with E-state index < -0.39 is 0 Å². The maximum absolute atomic E-state index is 4.49. The normalized spacial score (nSPS) is 11.4. The van der Waals surface area contributed by atoms with Gasteiger partial charge in [0.1, 0.15) is 0 Å². The lowest BCUT2D eigenvalue weighted by Gasteiger charge is -2.18. The van der Waals surface area contributed by atoms with Crippen LogP contribution in [0.3, 0.4) is 0 Å². The minimum atomic E-state index is 0.646. The standard InChI is InChI=1S/C17H21N.C3H8/c1-3-9-14(4-2)15-10-5-6-11-16(15)17-12-7-8-13-18-17;1-3-2/h5-8,10-14H,3-4,9H2,1-2H3;3H2,1-2H3. The van der Waals surface area contributed by atoms with Crippen LogP contribution in [0.1, 0.15) is 64.9 Å². The number of aromatic nitrogens is 1. The molecule has 0 fully saturated rings. The molecule has 21 heavy (non-hydrogen) atoms. The molecule has 1 heterocycles. The van der Waals surface area contributed by atoms with Gasteiger partial charge in [-0.2, -0.15) is 0 Å². The molecule has 0 radical (unpaired) electrons. The molecule has 0 aliphatic carbocycles. The van der Waals surface area contributed by atoms with Crippen LogP contribution < -0.4 is 0 Å². The van der Waals surface area contributed by atoms with Gasteiger partial charge in [-0.1, -0.05) is 70.9 Å². The Bertz CT molecular complexity index is 490. The smallest absolute Gasteiger partial charge is 0.0704 e. The van der Waals surface area contributed by atoms with E-state index in [0.29, 0.717) is 5.92 Å². The summed E-state index contributed by atoms with van der Waals surface area (Å²) in [5, 5.41) is 0. The van der Waals surface area contributed by atoms with E-state index in [1.807, 2.05) is 12.3 Å². The monoisotopic (exact) mass is 283 g/mol. The Morgan fingerprint density at radius 2 is 1.57 bits per heavy atom. The van der Waals surface area contributed by atoms with Crippen LogP contribution in [0.15, 0.2) is 48.7 Å². The second kappa shape index (κ2) is 10.1. The van der Waals surface area contributed by atoms with Crippen molar-refractivity contribution in [1.82, 2.24) is 4.98 Å². The van der Waals surface area contributed by atoms with E-state index in [0.717, 1.165) is 5.69 Å². The summed E-state index contributed by atoms with van der Waals surface area (Å²) in [6.07, 6.45) is 6.79. The topological polar surface area (TPSA) is 12.9 Å². The van der Waals surface area contributed by atoms with Crippen LogP contribution in [-0.2, 0) is 0 Å². The fraction of sp³-hybridized carbons (Fsp3) is 0.450. The maximum Gasteiger partial charge on any atom is 0.0704 e. The molecule has 1 unspecified atom stereocenters. The molecule has 114 valence electrons. The van der Waals surface area contributed by atoms with E-state index in [2.05, 4.69) is 69.1 Å². The third-order valence-electron chi connectivity index (χ3n) is 3.47. The van der Waals surface area contributed by atoms with E-state index in [1.54, 1.807) is 0 Å². The van der Waals surface area contributed by atoms with Gasteiger partial charge in [-0.15, -0.1) is 0 Å². The number of pyridine rings is 1. The zero-order chi connectivity index (χ0) is 15.5. The molecule has 0 saturated heterocycles. The summed E-state index contributed by atoms with van der Waals surface area (Å²) in [5.41, 5.74) is 3.82. The molecule has 0 amide bonds. The van der Waals surface area contributed by atoms with Crippen LogP contribution in [0.25, 0.3) is 11.3 Å². The third kappa shape index (κ3) is 5.34. The van der Waals surface area contributed by atoms with Gasteiger partial charge in [0.2, 0.25) is 0 Å². The average molecular weight is 283 g/mol. The second-order valence-electron chi connectivity index (χ2n) is 5.40. The average Bonchev–Trinajstić information content (AvgIpc) is 2.54. The highest BCUT2D eigenvalue weighted by Gasteiger charge is 2.13. The van der Waals surface area contributed by atoms with Gasteiger partial charge in [-0.25, -0.2) is 0 Å². The number of hydrogen-bond donors (Lipinski definition) is 0. The molecule has 0 aliphatic heterocycles. The van der Waals surface area contributed by atoms with Crippen molar-refractivity contribution >= 4 is 0 Å². The molecule has 0 aliphatic rings. The summed E-state index contributed by atoms with van der Waals surface area (Å²) in [6, 6.07) is 14.8. The van der Waals surface area contributed by atoms with Gasteiger partial charge in [-0.3, -0.25) is 4.98 Å². The predicted molar refractivity (Wildman–Crippen MR) is 93.6 cm³/mol. The molecule has 0 bridgehead atoms. The summed E-state index contributed by atoms with van der Waals surface area (Å²) in [6.45, 7) is 8.78. The van der Waals surface area contributed by atoms with Crippen molar-refractivity contribution < 1.29 is 0 Å². The van der Waals surface area contributed by atoms with Crippen LogP contribution in [0.5, 0.6) is 0 Å². The van der Waals surface area contributed by atoms with Gasteiger partial charge in [0.25, 0.3) is 0 Å². The maximum atomic E-state index is 4.49. The Morgan fingerprint density at radius 3 is 2.14 bits per heavy atom. The van der Waals surface area contributed by atoms with Crippen molar-refractivity contribution in [3.8, 4) is 11.3 Å². The van der Waals surface area contributed by atoms with Gasteiger partial charge >= 0.3 is 0 Å². The fourth-order valence-electron chi connectivity index (χ4n) is 2.54. The Hall–Kier alpha value is -1.63. The molecular formula is C20H29N. The second-order valence-corrected chi connectivity index (χ2v) is 5.40. The van der Waals surface area contributed by atoms with Crippen LogP contribution in [0.4, 0.5) is 0 Å². The van der Waals surface area contributed by atoms with Crippen LogP contribution in [0.2, 0.25) is 0 Å². The zero-order valence-corrected chi connectivity index (χ0v) is 14.0. The number of benzene rings is 1. The van der Waals surface area contributed by atoms with Gasteiger partial charge in [0.15, 0.2) is 0 Å². The number of nitrogens with zero attached hydrogens (tertiary/aromatic N) is 1. The van der Waals surface area contributed by atoms with E-state index in [4.69, 9.17) is 0 Å². The van der Waals surface area contributed by atoms with Gasteiger partial charge < -0.3 is 0 Å². The molecular weight excluding hydrogens is 254 g/mol. The van der Waals surface area contributed by atoms with E-state index in [-0.39, 0.29) is 0 Å². The summed E-state index contributed by atoms with van der Waals surface area (Å²) < 4.78 is 0. The molecule has 1 nitrogen and oxygen atoms in total. The summed E-state index contributed by atoms with van der Waals surface area (Å²) in [5.74, 6) is 0.646. The lowest BCUT2D eigenvalue weighted by molar-refractivity contribution is 0.597. The molecule has 0 spiro atoms. The minimum absolute atomic E-state index is 0.646. The van der Waals surface area contributed by atoms with E-state index in [9.17, 15) is 0 Å². The highest BCUT2D eigenvalue weighted by Crippen LogP contribution is 2.32. The highest BCUT2D eigenvalue weighted by molar-refractivity contribution is 5.64. The fourth-order valence-corrected chi connectivity index (χ4v) is 2.54. The van der Waals surface area contributed by atoms with Crippen molar-refractivity contribution in [1.29, 1.82) is 0 Å². The molecule has 0 saturated carbocycles. The Balaban J connectivity index is 0.000000677. The van der Waals surface area contributed by atoms with Crippen molar-refractivity contribution in [3.63, 3.8) is 0 Å². The van der Waals surface area contributed by atoms with E-state index >= 15 is 0 Å². The van der Waals surface area contributed by atoms with Crippen LogP contribution >= 0.6 is 0 Å². The zero-order valence-electron chi connectivity index (χ0n) is 14.0. The summed E-state index contributed by atoms with van der Waals surface area (Å²) in [4.78, 5) is 4.49. The lowest BCUT2D eigenvalue weighted by Crippen LogP contribution is -2.00. The predicted octanol–water partition coefficient (Wildman–Crippen LogP) is 6.46. The Kier molecular flexibility index (Phi) is 8.42. The number of rotatable bonds is 5. The Labute approximate surface area is 130 Å². The molecule has 0 N–H and O–H groups in total. The molecule has 2 aromatic rings.